The third kappa shape index (κ3) is 2.82. The maximum atomic E-state index is 8.92. The first-order chi connectivity index (χ1) is 7.79. The molecule has 0 amide bonds. The van der Waals surface area contributed by atoms with E-state index >= 15 is 0 Å². The molecule has 87 valence electrons. The van der Waals surface area contributed by atoms with Gasteiger partial charge in [-0.3, -0.25) is 4.90 Å². The summed E-state index contributed by atoms with van der Waals surface area (Å²) in [4.78, 5) is 2.23. The van der Waals surface area contributed by atoms with Crippen molar-refractivity contribution in [3.8, 4) is 0 Å². The van der Waals surface area contributed by atoms with Crippen molar-refractivity contribution in [1.82, 2.24) is 4.90 Å². The number of morpholine rings is 1. The third-order valence-corrected chi connectivity index (χ3v) is 2.92. The summed E-state index contributed by atoms with van der Waals surface area (Å²) in [5.41, 5.74) is 2.21. The van der Waals surface area contributed by atoms with Gasteiger partial charge in [0, 0.05) is 19.6 Å². The second kappa shape index (κ2) is 5.43. The Kier molecular flexibility index (Phi) is 3.93. The summed E-state index contributed by atoms with van der Waals surface area (Å²) in [5.74, 6) is 0. The van der Waals surface area contributed by atoms with Gasteiger partial charge in [-0.15, -0.1) is 0 Å². The molecule has 1 fully saturated rings. The number of ether oxygens (including phenoxy) is 1. The Hall–Kier alpha value is -0.900. The van der Waals surface area contributed by atoms with Gasteiger partial charge in [-0.2, -0.15) is 0 Å². The Morgan fingerprint density at radius 1 is 1.38 bits per heavy atom. The zero-order valence-electron chi connectivity index (χ0n) is 9.43. The van der Waals surface area contributed by atoms with Crippen LogP contribution in [-0.2, 0) is 4.74 Å². The van der Waals surface area contributed by atoms with Crippen LogP contribution in [0.2, 0.25) is 0 Å². The molecule has 16 heavy (non-hydrogen) atoms. The van der Waals surface area contributed by atoms with Crippen LogP contribution < -0.4 is 0 Å². The number of β-amino-alcohol motifs (C(OH)–C–C–N with tert-alkyl or cyclic N) is 1. The summed E-state index contributed by atoms with van der Waals surface area (Å²) in [6.45, 7) is 7.31. The van der Waals surface area contributed by atoms with Crippen molar-refractivity contribution in [1.29, 1.82) is 0 Å². The Balaban J connectivity index is 2.01. The highest BCUT2D eigenvalue weighted by Gasteiger charge is 2.21. The van der Waals surface area contributed by atoms with Crippen LogP contribution in [0.15, 0.2) is 24.3 Å². The lowest BCUT2D eigenvalue weighted by Crippen LogP contribution is -2.39. The fraction of sp³-hybridized carbons (Fsp3) is 0.462. The Morgan fingerprint density at radius 2 is 2.12 bits per heavy atom. The van der Waals surface area contributed by atoms with Gasteiger partial charge in [0.1, 0.15) is 0 Å². The van der Waals surface area contributed by atoms with Crippen molar-refractivity contribution >= 4 is 0 Å². The second-order valence-corrected chi connectivity index (χ2v) is 4.13. The average molecular weight is 220 g/mol. The summed E-state index contributed by atoms with van der Waals surface area (Å²) in [6, 6.07) is 8.14. The topological polar surface area (TPSA) is 32.7 Å². The number of nitrogens with zero attached hydrogens (tertiary/aromatic N) is 1. The second-order valence-electron chi connectivity index (χ2n) is 4.13. The number of benzene rings is 1. The number of hydrogen-bond acceptors (Lipinski definition) is 3. The van der Waals surface area contributed by atoms with Gasteiger partial charge in [-0.05, 0) is 18.1 Å². The molecule has 1 N–H and O–H groups in total. The fourth-order valence-corrected chi connectivity index (χ4v) is 1.98. The molecule has 2 rings (SSSR count). The SMILES string of the molecule is [CH2]c1ccc(C2CN(CCO)CCO2)cc1. The summed E-state index contributed by atoms with van der Waals surface area (Å²) in [5, 5.41) is 8.92. The maximum Gasteiger partial charge on any atom is 0.0952 e. The molecule has 1 aliphatic rings. The molecule has 0 saturated carbocycles. The summed E-state index contributed by atoms with van der Waals surface area (Å²) < 4.78 is 5.74. The van der Waals surface area contributed by atoms with Crippen LogP contribution >= 0.6 is 0 Å². The molecular weight excluding hydrogens is 202 g/mol. The van der Waals surface area contributed by atoms with Crippen molar-refractivity contribution in [2.24, 2.45) is 0 Å². The molecule has 0 aliphatic carbocycles. The van der Waals surface area contributed by atoms with Gasteiger partial charge in [0.15, 0.2) is 0 Å². The van der Waals surface area contributed by atoms with Gasteiger partial charge >= 0.3 is 0 Å². The molecule has 0 aromatic heterocycles. The highest BCUT2D eigenvalue weighted by atomic mass is 16.5. The first kappa shape index (κ1) is 11.6. The Labute approximate surface area is 96.6 Å². The molecule has 1 radical (unpaired) electrons. The lowest BCUT2D eigenvalue weighted by atomic mass is 10.1. The molecule has 0 bridgehead atoms. The minimum atomic E-state index is 0.126. The van der Waals surface area contributed by atoms with Crippen molar-refractivity contribution < 1.29 is 9.84 Å². The molecule has 1 heterocycles. The smallest absolute Gasteiger partial charge is 0.0952 e. The minimum Gasteiger partial charge on any atom is -0.395 e. The molecule has 3 nitrogen and oxygen atoms in total. The third-order valence-electron chi connectivity index (χ3n) is 2.92. The summed E-state index contributed by atoms with van der Waals surface area (Å²) >= 11 is 0. The van der Waals surface area contributed by atoms with Crippen molar-refractivity contribution in [2.75, 3.05) is 32.8 Å². The highest BCUT2D eigenvalue weighted by molar-refractivity contribution is 5.26. The quantitative estimate of drug-likeness (QED) is 0.831. The van der Waals surface area contributed by atoms with E-state index in [4.69, 9.17) is 9.84 Å². The molecule has 3 heteroatoms. The van der Waals surface area contributed by atoms with E-state index < -0.39 is 0 Å². The van der Waals surface area contributed by atoms with Crippen LogP contribution in [0.5, 0.6) is 0 Å². The van der Waals surface area contributed by atoms with Crippen LogP contribution in [0.1, 0.15) is 17.2 Å². The van der Waals surface area contributed by atoms with Crippen LogP contribution in [0, 0.1) is 6.92 Å². The predicted octanol–water partition coefficient (Wildman–Crippen LogP) is 1.23. The summed E-state index contributed by atoms with van der Waals surface area (Å²) in [6.07, 6.45) is 0.126. The van der Waals surface area contributed by atoms with Gasteiger partial charge in [0.2, 0.25) is 0 Å². The van der Waals surface area contributed by atoms with Gasteiger partial charge in [0.05, 0.1) is 19.3 Å². The molecule has 1 aromatic rings. The average Bonchev–Trinajstić information content (AvgIpc) is 2.31. The van der Waals surface area contributed by atoms with E-state index in [2.05, 4.69) is 24.0 Å². The Morgan fingerprint density at radius 3 is 2.81 bits per heavy atom. The lowest BCUT2D eigenvalue weighted by molar-refractivity contribution is -0.0337. The standard InChI is InChI=1S/C13H18NO2/c1-11-2-4-12(5-3-11)13-10-14(6-8-15)7-9-16-13/h2-5,13,15H,1,6-10H2. The van der Waals surface area contributed by atoms with Crippen molar-refractivity contribution in [3.63, 3.8) is 0 Å². The van der Waals surface area contributed by atoms with Crippen LogP contribution in [0.4, 0.5) is 0 Å². The summed E-state index contributed by atoms with van der Waals surface area (Å²) in [7, 11) is 0. The van der Waals surface area contributed by atoms with E-state index in [1.54, 1.807) is 0 Å². The largest absolute Gasteiger partial charge is 0.395 e. The zero-order valence-corrected chi connectivity index (χ0v) is 9.43. The van der Waals surface area contributed by atoms with E-state index in [1.165, 1.54) is 5.56 Å². The van der Waals surface area contributed by atoms with Gasteiger partial charge < -0.3 is 9.84 Å². The van der Waals surface area contributed by atoms with Gasteiger partial charge in [-0.25, -0.2) is 0 Å². The molecule has 1 saturated heterocycles. The van der Waals surface area contributed by atoms with Crippen molar-refractivity contribution in [2.45, 2.75) is 6.10 Å². The highest BCUT2D eigenvalue weighted by Crippen LogP contribution is 2.22. The Bertz CT molecular complexity index is 321. The maximum absolute atomic E-state index is 8.92. The van der Waals surface area contributed by atoms with Crippen LogP contribution in [0.25, 0.3) is 0 Å². The number of rotatable bonds is 3. The van der Waals surface area contributed by atoms with Gasteiger partial charge in [0.25, 0.3) is 0 Å². The zero-order chi connectivity index (χ0) is 11.4. The number of aliphatic hydroxyl groups is 1. The van der Waals surface area contributed by atoms with Crippen LogP contribution in [0.3, 0.4) is 0 Å². The first-order valence-corrected chi connectivity index (χ1v) is 5.66. The first-order valence-electron chi connectivity index (χ1n) is 5.66. The number of hydrogen-bond donors (Lipinski definition) is 1. The normalized spacial score (nSPS) is 22.2. The molecule has 1 aromatic carbocycles. The van der Waals surface area contributed by atoms with Crippen LogP contribution in [-0.4, -0.2) is 42.9 Å². The molecule has 1 atom stereocenters. The predicted molar refractivity (Wildman–Crippen MR) is 63.1 cm³/mol. The van der Waals surface area contributed by atoms with Crippen molar-refractivity contribution in [3.05, 3.63) is 42.3 Å². The van der Waals surface area contributed by atoms with Gasteiger partial charge in [-0.1, -0.05) is 24.3 Å². The molecule has 0 spiro atoms. The fourth-order valence-electron chi connectivity index (χ4n) is 1.98. The minimum absolute atomic E-state index is 0.126. The van der Waals surface area contributed by atoms with E-state index in [9.17, 15) is 0 Å². The van der Waals surface area contributed by atoms with E-state index in [1.807, 2.05) is 12.1 Å². The molecular formula is C13H18NO2. The monoisotopic (exact) mass is 220 g/mol. The lowest BCUT2D eigenvalue weighted by Gasteiger charge is -2.32. The van der Waals surface area contributed by atoms with E-state index in [0.29, 0.717) is 0 Å². The van der Waals surface area contributed by atoms with E-state index in [-0.39, 0.29) is 12.7 Å². The van der Waals surface area contributed by atoms with E-state index in [0.717, 1.165) is 31.8 Å². The molecule has 1 unspecified atom stereocenters. The number of aliphatic hydroxyl groups excluding tert-OH is 1. The molecule has 1 aliphatic heterocycles.